The van der Waals surface area contributed by atoms with Crippen molar-refractivity contribution >= 4 is 11.9 Å². The fourth-order valence-electron chi connectivity index (χ4n) is 2.10. The summed E-state index contributed by atoms with van der Waals surface area (Å²) in [6.07, 6.45) is 7.11. The minimum atomic E-state index is -0.846. The molecule has 1 saturated carbocycles. The van der Waals surface area contributed by atoms with Gasteiger partial charge in [0.2, 0.25) is 5.91 Å². The molecule has 1 aliphatic carbocycles. The lowest BCUT2D eigenvalue weighted by molar-refractivity contribution is -0.137. The number of rotatable bonds is 6. The van der Waals surface area contributed by atoms with Crippen molar-refractivity contribution in [3.05, 3.63) is 0 Å². The number of carboxylic acid groups (broad SMARTS) is 1. The Labute approximate surface area is 102 Å². The molecule has 17 heavy (non-hydrogen) atoms. The van der Waals surface area contributed by atoms with Crippen molar-refractivity contribution < 1.29 is 14.7 Å². The number of carbonyl (C=O) groups is 2. The molecule has 1 amide bonds. The maximum Gasteiger partial charge on any atom is 0.304 e. The third-order valence-corrected chi connectivity index (χ3v) is 3.02. The SMILES string of the molecule is O=C(O)CCNCC(=O)NC1CCCCCC1. The molecule has 1 fully saturated rings. The Kier molecular flexibility index (Phi) is 6.62. The van der Waals surface area contributed by atoms with E-state index in [9.17, 15) is 9.59 Å². The molecule has 98 valence electrons. The predicted octanol–water partition coefficient (Wildman–Crippen LogP) is 0.890. The molecule has 0 aromatic heterocycles. The summed E-state index contributed by atoms with van der Waals surface area (Å²) in [5.74, 6) is -0.871. The van der Waals surface area contributed by atoms with Crippen molar-refractivity contribution in [1.29, 1.82) is 0 Å². The van der Waals surface area contributed by atoms with Crippen LogP contribution < -0.4 is 10.6 Å². The Bertz CT molecular complexity index is 248. The summed E-state index contributed by atoms with van der Waals surface area (Å²) in [5.41, 5.74) is 0. The van der Waals surface area contributed by atoms with Gasteiger partial charge >= 0.3 is 5.97 Å². The van der Waals surface area contributed by atoms with Gasteiger partial charge in [-0.1, -0.05) is 25.7 Å². The maximum absolute atomic E-state index is 11.5. The number of aliphatic carboxylic acids is 1. The first-order valence-electron chi connectivity index (χ1n) is 6.40. The monoisotopic (exact) mass is 242 g/mol. The summed E-state index contributed by atoms with van der Waals surface area (Å²) < 4.78 is 0. The van der Waals surface area contributed by atoms with Crippen LogP contribution in [0.1, 0.15) is 44.9 Å². The largest absolute Gasteiger partial charge is 0.481 e. The summed E-state index contributed by atoms with van der Waals surface area (Å²) in [6, 6.07) is 0.311. The van der Waals surface area contributed by atoms with E-state index in [2.05, 4.69) is 10.6 Å². The molecule has 0 bridgehead atoms. The molecule has 0 spiro atoms. The van der Waals surface area contributed by atoms with E-state index in [1.165, 1.54) is 25.7 Å². The lowest BCUT2D eigenvalue weighted by Gasteiger charge is -2.16. The van der Waals surface area contributed by atoms with Gasteiger partial charge in [-0.15, -0.1) is 0 Å². The van der Waals surface area contributed by atoms with Crippen molar-refractivity contribution in [1.82, 2.24) is 10.6 Å². The van der Waals surface area contributed by atoms with E-state index < -0.39 is 5.97 Å². The summed E-state index contributed by atoms with van der Waals surface area (Å²) in [5, 5.41) is 14.3. The van der Waals surface area contributed by atoms with Crippen LogP contribution in [0.4, 0.5) is 0 Å². The van der Waals surface area contributed by atoms with Crippen LogP contribution in [0.3, 0.4) is 0 Å². The lowest BCUT2D eigenvalue weighted by Crippen LogP contribution is -2.40. The van der Waals surface area contributed by atoms with E-state index in [0.29, 0.717) is 12.6 Å². The van der Waals surface area contributed by atoms with Gasteiger partial charge in [0, 0.05) is 12.6 Å². The number of nitrogens with one attached hydrogen (secondary N) is 2. The molecule has 1 rings (SSSR count). The second-order valence-corrected chi connectivity index (χ2v) is 4.58. The first-order valence-corrected chi connectivity index (χ1v) is 6.40. The molecular weight excluding hydrogens is 220 g/mol. The van der Waals surface area contributed by atoms with Gasteiger partial charge in [-0.2, -0.15) is 0 Å². The van der Waals surface area contributed by atoms with E-state index in [0.717, 1.165) is 12.8 Å². The van der Waals surface area contributed by atoms with E-state index in [1.54, 1.807) is 0 Å². The van der Waals surface area contributed by atoms with E-state index in [4.69, 9.17) is 5.11 Å². The van der Waals surface area contributed by atoms with Crippen LogP contribution in [-0.4, -0.2) is 36.1 Å². The highest BCUT2D eigenvalue weighted by atomic mass is 16.4. The number of amides is 1. The maximum atomic E-state index is 11.5. The Hall–Kier alpha value is -1.10. The van der Waals surface area contributed by atoms with Crippen molar-refractivity contribution in [3.63, 3.8) is 0 Å². The van der Waals surface area contributed by atoms with E-state index >= 15 is 0 Å². The van der Waals surface area contributed by atoms with E-state index in [1.807, 2.05) is 0 Å². The highest BCUT2D eigenvalue weighted by Crippen LogP contribution is 2.16. The van der Waals surface area contributed by atoms with Crippen molar-refractivity contribution in [2.75, 3.05) is 13.1 Å². The summed E-state index contributed by atoms with van der Waals surface area (Å²) in [6.45, 7) is 0.553. The zero-order chi connectivity index (χ0) is 12.5. The minimum Gasteiger partial charge on any atom is -0.481 e. The zero-order valence-corrected chi connectivity index (χ0v) is 10.2. The minimum absolute atomic E-state index is 0.0257. The Balaban J connectivity index is 2.08. The standard InChI is InChI=1S/C12H22N2O3/c15-11(9-13-8-7-12(16)17)14-10-5-3-1-2-4-6-10/h10,13H,1-9H2,(H,14,15)(H,16,17). The number of hydrogen-bond donors (Lipinski definition) is 3. The van der Waals surface area contributed by atoms with Crippen molar-refractivity contribution in [3.8, 4) is 0 Å². The predicted molar refractivity (Wildman–Crippen MR) is 64.8 cm³/mol. The lowest BCUT2D eigenvalue weighted by atomic mass is 10.1. The third-order valence-electron chi connectivity index (χ3n) is 3.02. The smallest absolute Gasteiger partial charge is 0.304 e. The molecule has 0 saturated heterocycles. The number of hydrogen-bond acceptors (Lipinski definition) is 3. The molecule has 0 aromatic rings. The molecule has 0 heterocycles. The van der Waals surface area contributed by atoms with E-state index in [-0.39, 0.29) is 18.9 Å². The van der Waals surface area contributed by atoms with Gasteiger partial charge < -0.3 is 15.7 Å². The average Bonchev–Trinajstić information content (AvgIpc) is 2.53. The van der Waals surface area contributed by atoms with Crippen LogP contribution >= 0.6 is 0 Å². The molecule has 0 unspecified atom stereocenters. The topological polar surface area (TPSA) is 78.4 Å². The van der Waals surface area contributed by atoms with Gasteiger partial charge in [-0.05, 0) is 12.8 Å². The number of carbonyl (C=O) groups excluding carboxylic acids is 1. The fraction of sp³-hybridized carbons (Fsp3) is 0.833. The van der Waals surface area contributed by atoms with Gasteiger partial charge in [0.25, 0.3) is 0 Å². The van der Waals surface area contributed by atoms with Crippen LogP contribution in [0.15, 0.2) is 0 Å². The van der Waals surface area contributed by atoms with Gasteiger partial charge in [0.1, 0.15) is 0 Å². The molecule has 0 atom stereocenters. The highest BCUT2D eigenvalue weighted by molar-refractivity contribution is 5.78. The quantitative estimate of drug-likeness (QED) is 0.477. The molecule has 3 N–H and O–H groups in total. The Morgan fingerprint density at radius 2 is 1.76 bits per heavy atom. The van der Waals surface area contributed by atoms with Crippen molar-refractivity contribution in [2.24, 2.45) is 0 Å². The fourth-order valence-corrected chi connectivity index (χ4v) is 2.10. The van der Waals surface area contributed by atoms with Gasteiger partial charge in [0.15, 0.2) is 0 Å². The summed E-state index contributed by atoms with van der Waals surface area (Å²) in [4.78, 5) is 21.8. The molecule has 5 nitrogen and oxygen atoms in total. The average molecular weight is 242 g/mol. The number of carboxylic acids is 1. The van der Waals surface area contributed by atoms with Crippen LogP contribution in [0, 0.1) is 0 Å². The normalized spacial score (nSPS) is 17.4. The van der Waals surface area contributed by atoms with Crippen LogP contribution in [0.2, 0.25) is 0 Å². The van der Waals surface area contributed by atoms with Crippen molar-refractivity contribution in [2.45, 2.75) is 51.0 Å². The first-order chi connectivity index (χ1) is 8.18. The van der Waals surface area contributed by atoms with Crippen LogP contribution in [-0.2, 0) is 9.59 Å². The van der Waals surface area contributed by atoms with Crippen LogP contribution in [0.25, 0.3) is 0 Å². The molecule has 5 heteroatoms. The highest BCUT2D eigenvalue weighted by Gasteiger charge is 2.14. The second kappa shape index (κ2) is 8.06. The Morgan fingerprint density at radius 3 is 2.35 bits per heavy atom. The first kappa shape index (κ1) is 14.0. The van der Waals surface area contributed by atoms with Gasteiger partial charge in [-0.3, -0.25) is 9.59 Å². The Morgan fingerprint density at radius 1 is 1.12 bits per heavy atom. The second-order valence-electron chi connectivity index (χ2n) is 4.58. The molecule has 0 radical (unpaired) electrons. The molecule has 1 aliphatic rings. The molecular formula is C12H22N2O3. The molecule has 0 aliphatic heterocycles. The zero-order valence-electron chi connectivity index (χ0n) is 10.2. The van der Waals surface area contributed by atoms with Gasteiger partial charge in [-0.25, -0.2) is 0 Å². The van der Waals surface area contributed by atoms with Crippen LogP contribution in [0.5, 0.6) is 0 Å². The van der Waals surface area contributed by atoms with Gasteiger partial charge in [0.05, 0.1) is 13.0 Å². The summed E-state index contributed by atoms with van der Waals surface area (Å²) in [7, 11) is 0. The summed E-state index contributed by atoms with van der Waals surface area (Å²) >= 11 is 0. The molecule has 0 aromatic carbocycles. The third kappa shape index (κ3) is 6.94.